The minimum absolute atomic E-state index is 0.313. The second-order valence-electron chi connectivity index (χ2n) is 3.46. The summed E-state index contributed by atoms with van der Waals surface area (Å²) in [5.74, 6) is -0.313. The van der Waals surface area contributed by atoms with Crippen LogP contribution in [0.5, 0.6) is 0 Å². The van der Waals surface area contributed by atoms with Crippen molar-refractivity contribution in [3.8, 4) is 0 Å². The number of aliphatic hydroxyl groups is 1. The van der Waals surface area contributed by atoms with Gasteiger partial charge in [0.2, 0.25) is 0 Å². The number of rotatable bonds is 3. The molecule has 1 N–H and O–H groups in total. The molecular weight excluding hydrogens is 329 g/mol. The quantitative estimate of drug-likeness (QED) is 0.920. The van der Waals surface area contributed by atoms with Crippen LogP contribution in [0.25, 0.3) is 0 Å². The average molecular weight is 337 g/mol. The molecule has 2 rings (SSSR count). The Balaban J connectivity index is 2.15. The Morgan fingerprint density at radius 2 is 2.29 bits per heavy atom. The van der Waals surface area contributed by atoms with Crippen molar-refractivity contribution in [3.05, 3.63) is 49.6 Å². The molecule has 0 radical (unpaired) electrons. The molecule has 0 saturated carbocycles. The first-order chi connectivity index (χ1) is 8.06. The predicted molar refractivity (Wildman–Crippen MR) is 69.9 cm³/mol. The van der Waals surface area contributed by atoms with E-state index >= 15 is 0 Å². The number of aliphatic hydroxyl groups excluding tert-OH is 1. The van der Waals surface area contributed by atoms with Crippen LogP contribution in [0.1, 0.15) is 16.7 Å². The van der Waals surface area contributed by atoms with E-state index in [1.165, 1.54) is 29.7 Å². The van der Waals surface area contributed by atoms with Crippen molar-refractivity contribution >= 4 is 38.9 Å². The molecule has 17 heavy (non-hydrogen) atoms. The van der Waals surface area contributed by atoms with Crippen LogP contribution in [0.15, 0.2) is 28.9 Å². The van der Waals surface area contributed by atoms with E-state index in [9.17, 15) is 9.50 Å². The summed E-state index contributed by atoms with van der Waals surface area (Å²) in [5, 5.41) is 10.5. The Hall–Kier alpha value is -0.490. The van der Waals surface area contributed by atoms with Gasteiger partial charge in [0.15, 0.2) is 0 Å². The van der Waals surface area contributed by atoms with E-state index in [1.807, 2.05) is 0 Å². The molecule has 1 heterocycles. The summed E-state index contributed by atoms with van der Waals surface area (Å²) in [6.45, 7) is 0. The van der Waals surface area contributed by atoms with Crippen molar-refractivity contribution in [3.63, 3.8) is 0 Å². The highest BCUT2D eigenvalue weighted by Crippen LogP contribution is 2.28. The summed E-state index contributed by atoms with van der Waals surface area (Å²) in [6.07, 6.45) is 1.14. The first-order valence-corrected chi connectivity index (χ1v) is 6.78. The van der Waals surface area contributed by atoms with Crippen LogP contribution in [0.4, 0.5) is 4.39 Å². The summed E-state index contributed by atoms with van der Waals surface area (Å²) >= 11 is 10.2. The van der Waals surface area contributed by atoms with Crippen molar-refractivity contribution < 1.29 is 9.50 Å². The largest absolute Gasteiger partial charge is 0.386 e. The first kappa shape index (κ1) is 13.0. The van der Waals surface area contributed by atoms with Crippen molar-refractivity contribution in [1.29, 1.82) is 0 Å². The van der Waals surface area contributed by atoms with E-state index in [0.29, 0.717) is 20.2 Å². The van der Waals surface area contributed by atoms with Crippen LogP contribution in [0, 0.1) is 5.82 Å². The number of aromatic nitrogens is 1. The van der Waals surface area contributed by atoms with Crippen molar-refractivity contribution in [2.75, 3.05) is 0 Å². The van der Waals surface area contributed by atoms with Gasteiger partial charge in [0.1, 0.15) is 21.3 Å². The maximum absolute atomic E-state index is 12.9. The van der Waals surface area contributed by atoms with E-state index in [4.69, 9.17) is 11.6 Å². The average Bonchev–Trinajstić information content (AvgIpc) is 2.69. The van der Waals surface area contributed by atoms with Gasteiger partial charge >= 0.3 is 0 Å². The van der Waals surface area contributed by atoms with Crippen molar-refractivity contribution in [2.24, 2.45) is 0 Å². The molecule has 1 aromatic heterocycles. The predicted octanol–water partition coefficient (Wildman–Crippen LogP) is 3.97. The van der Waals surface area contributed by atoms with Gasteiger partial charge in [0.25, 0.3) is 0 Å². The van der Waals surface area contributed by atoms with Crippen LogP contribution in [-0.4, -0.2) is 10.1 Å². The van der Waals surface area contributed by atoms with Gasteiger partial charge in [0, 0.05) is 10.9 Å². The molecule has 0 aliphatic heterocycles. The highest BCUT2D eigenvalue weighted by atomic mass is 79.9. The fourth-order valence-electron chi connectivity index (χ4n) is 1.40. The van der Waals surface area contributed by atoms with Gasteiger partial charge in [-0.05, 0) is 17.7 Å². The molecule has 0 amide bonds. The second kappa shape index (κ2) is 5.44. The third kappa shape index (κ3) is 3.25. The lowest BCUT2D eigenvalue weighted by atomic mass is 10.1. The highest BCUT2D eigenvalue weighted by molar-refractivity contribution is 9.10. The standard InChI is InChI=1S/C11H8BrClFNOS/c12-8-4-7(14)2-1-6(8)3-9(16)11-15-5-10(13)17-11/h1-2,4-5,9,16H,3H2. The first-order valence-electron chi connectivity index (χ1n) is 4.79. The van der Waals surface area contributed by atoms with Gasteiger partial charge in [-0.3, -0.25) is 0 Å². The smallest absolute Gasteiger partial charge is 0.124 e. The molecule has 2 aromatic rings. The van der Waals surface area contributed by atoms with E-state index in [1.54, 1.807) is 6.07 Å². The lowest BCUT2D eigenvalue weighted by Gasteiger charge is -2.09. The molecule has 0 aliphatic rings. The van der Waals surface area contributed by atoms with Crippen molar-refractivity contribution in [1.82, 2.24) is 4.98 Å². The van der Waals surface area contributed by atoms with E-state index in [2.05, 4.69) is 20.9 Å². The molecule has 1 unspecified atom stereocenters. The number of hydrogen-bond acceptors (Lipinski definition) is 3. The Bertz CT molecular complexity index is 534. The maximum Gasteiger partial charge on any atom is 0.124 e. The Morgan fingerprint density at radius 1 is 1.53 bits per heavy atom. The molecular formula is C11H8BrClFNOS. The molecule has 2 nitrogen and oxygen atoms in total. The maximum atomic E-state index is 12.9. The lowest BCUT2D eigenvalue weighted by molar-refractivity contribution is 0.178. The third-order valence-electron chi connectivity index (χ3n) is 2.21. The molecule has 0 spiro atoms. The third-order valence-corrected chi connectivity index (χ3v) is 4.16. The second-order valence-corrected chi connectivity index (χ2v) is 6.01. The summed E-state index contributed by atoms with van der Waals surface area (Å²) in [7, 11) is 0. The van der Waals surface area contributed by atoms with E-state index in [-0.39, 0.29) is 5.82 Å². The number of thiazole rings is 1. The summed E-state index contributed by atoms with van der Waals surface area (Å²) in [4.78, 5) is 4.01. The fraction of sp³-hybridized carbons (Fsp3) is 0.182. The Kier molecular flexibility index (Phi) is 4.14. The molecule has 0 saturated heterocycles. The Morgan fingerprint density at radius 3 is 2.88 bits per heavy atom. The molecule has 0 aliphatic carbocycles. The molecule has 1 atom stereocenters. The van der Waals surface area contributed by atoms with Gasteiger partial charge in [-0.25, -0.2) is 9.37 Å². The number of nitrogens with zero attached hydrogens (tertiary/aromatic N) is 1. The Labute approximate surface area is 115 Å². The summed E-state index contributed by atoms with van der Waals surface area (Å²) in [6, 6.07) is 4.37. The van der Waals surface area contributed by atoms with Crippen LogP contribution >= 0.6 is 38.9 Å². The molecule has 0 bridgehead atoms. The van der Waals surface area contributed by atoms with Gasteiger partial charge in [0.05, 0.1) is 6.20 Å². The zero-order chi connectivity index (χ0) is 12.4. The van der Waals surface area contributed by atoms with Gasteiger partial charge in [-0.1, -0.05) is 33.6 Å². The van der Waals surface area contributed by atoms with Crippen LogP contribution in [0.3, 0.4) is 0 Å². The topological polar surface area (TPSA) is 33.1 Å². The van der Waals surface area contributed by atoms with Gasteiger partial charge < -0.3 is 5.11 Å². The fourth-order valence-corrected chi connectivity index (χ4v) is 2.83. The zero-order valence-electron chi connectivity index (χ0n) is 8.53. The number of hydrogen-bond donors (Lipinski definition) is 1. The number of benzene rings is 1. The number of halogens is 3. The van der Waals surface area contributed by atoms with Crippen LogP contribution < -0.4 is 0 Å². The minimum atomic E-state index is -0.728. The van der Waals surface area contributed by atoms with Gasteiger partial charge in [-0.15, -0.1) is 11.3 Å². The summed E-state index contributed by atoms with van der Waals surface area (Å²) < 4.78 is 14.1. The van der Waals surface area contributed by atoms with Gasteiger partial charge in [-0.2, -0.15) is 0 Å². The van der Waals surface area contributed by atoms with Crippen molar-refractivity contribution in [2.45, 2.75) is 12.5 Å². The normalized spacial score (nSPS) is 12.7. The van der Waals surface area contributed by atoms with Crippen LogP contribution in [-0.2, 0) is 6.42 Å². The molecule has 6 heteroatoms. The van der Waals surface area contributed by atoms with E-state index < -0.39 is 6.10 Å². The summed E-state index contributed by atoms with van der Waals surface area (Å²) in [5.41, 5.74) is 0.824. The zero-order valence-corrected chi connectivity index (χ0v) is 11.7. The van der Waals surface area contributed by atoms with E-state index in [0.717, 1.165) is 5.56 Å². The molecule has 0 fully saturated rings. The SMILES string of the molecule is OC(Cc1ccc(F)cc1Br)c1ncc(Cl)s1. The van der Waals surface area contributed by atoms with Crippen LogP contribution in [0.2, 0.25) is 4.34 Å². The lowest BCUT2D eigenvalue weighted by Crippen LogP contribution is -2.02. The molecule has 1 aromatic carbocycles. The minimum Gasteiger partial charge on any atom is -0.386 e. The highest BCUT2D eigenvalue weighted by Gasteiger charge is 2.14. The monoisotopic (exact) mass is 335 g/mol. The molecule has 90 valence electrons.